The zero-order valence-electron chi connectivity index (χ0n) is 15.8. The Kier molecular flexibility index (Phi) is 6.45. The largest absolute Gasteiger partial charge is 0.383 e. The molecule has 3 rings (SSSR count). The van der Waals surface area contributed by atoms with Gasteiger partial charge in [-0.15, -0.1) is 0 Å². The number of hydrogen-bond acceptors (Lipinski definition) is 4. The van der Waals surface area contributed by atoms with Crippen LogP contribution in [-0.4, -0.2) is 60.5 Å². The first-order valence-electron chi connectivity index (χ1n) is 9.56. The summed E-state index contributed by atoms with van der Waals surface area (Å²) >= 11 is 0. The zero-order chi connectivity index (χ0) is 19.2. The number of carbonyl (C=O) groups excluding carboxylic acids is 3. The van der Waals surface area contributed by atoms with Gasteiger partial charge in [-0.05, 0) is 24.0 Å². The fourth-order valence-electron chi connectivity index (χ4n) is 3.69. The molecule has 27 heavy (non-hydrogen) atoms. The molecular formula is C20H27N3O4. The highest BCUT2D eigenvalue weighted by atomic mass is 16.5. The summed E-state index contributed by atoms with van der Waals surface area (Å²) in [5.41, 5.74) is 2.28. The summed E-state index contributed by atoms with van der Waals surface area (Å²) in [5, 5.41) is 2.78. The molecule has 1 aromatic rings. The molecule has 4 amide bonds. The summed E-state index contributed by atoms with van der Waals surface area (Å²) in [6.07, 6.45) is 3.32. The van der Waals surface area contributed by atoms with Gasteiger partial charge in [0.15, 0.2) is 0 Å². The van der Waals surface area contributed by atoms with Crippen LogP contribution in [-0.2, 0) is 27.3 Å². The Labute approximate surface area is 159 Å². The normalized spacial score (nSPS) is 18.5. The van der Waals surface area contributed by atoms with E-state index in [9.17, 15) is 14.4 Å². The first-order chi connectivity index (χ1) is 13.1. The molecule has 7 nitrogen and oxygen atoms in total. The number of hydrogen-bond donors (Lipinski definition) is 1. The van der Waals surface area contributed by atoms with Crippen LogP contribution < -0.4 is 5.32 Å². The van der Waals surface area contributed by atoms with Gasteiger partial charge in [0.25, 0.3) is 5.91 Å². The number of nitrogens with zero attached hydrogens (tertiary/aromatic N) is 2. The van der Waals surface area contributed by atoms with Gasteiger partial charge in [-0.2, -0.15) is 0 Å². The summed E-state index contributed by atoms with van der Waals surface area (Å²) in [5.74, 6) is -0.0814. The molecule has 0 spiro atoms. The lowest BCUT2D eigenvalue weighted by molar-refractivity contribution is -0.128. The Morgan fingerprint density at radius 2 is 1.96 bits per heavy atom. The maximum Gasteiger partial charge on any atom is 0.327 e. The smallest absolute Gasteiger partial charge is 0.327 e. The summed E-state index contributed by atoms with van der Waals surface area (Å²) < 4.78 is 4.89. The third kappa shape index (κ3) is 4.47. The van der Waals surface area contributed by atoms with Crippen LogP contribution in [0, 0.1) is 0 Å². The van der Waals surface area contributed by atoms with Crippen LogP contribution in [0.1, 0.15) is 36.8 Å². The Balaban J connectivity index is 1.42. The van der Waals surface area contributed by atoms with Crippen LogP contribution in [0.25, 0.3) is 0 Å². The van der Waals surface area contributed by atoms with Gasteiger partial charge in [-0.3, -0.25) is 14.5 Å². The molecule has 1 saturated heterocycles. The predicted octanol–water partition coefficient (Wildman–Crippen LogP) is 1.70. The van der Waals surface area contributed by atoms with E-state index >= 15 is 0 Å². The molecule has 146 valence electrons. The monoisotopic (exact) mass is 373 g/mol. The van der Waals surface area contributed by atoms with E-state index in [0.717, 1.165) is 30.4 Å². The van der Waals surface area contributed by atoms with Crippen molar-refractivity contribution in [1.29, 1.82) is 0 Å². The van der Waals surface area contributed by atoms with E-state index in [1.165, 1.54) is 4.90 Å². The lowest BCUT2D eigenvalue weighted by Gasteiger charge is -2.28. The molecule has 2 aliphatic rings. The van der Waals surface area contributed by atoms with Crippen molar-refractivity contribution in [1.82, 2.24) is 15.1 Å². The van der Waals surface area contributed by atoms with Crippen LogP contribution in [0.2, 0.25) is 0 Å². The van der Waals surface area contributed by atoms with Crippen molar-refractivity contribution >= 4 is 17.8 Å². The van der Waals surface area contributed by atoms with E-state index in [2.05, 4.69) is 5.32 Å². The van der Waals surface area contributed by atoms with E-state index < -0.39 is 0 Å². The van der Waals surface area contributed by atoms with Gasteiger partial charge in [0.05, 0.1) is 6.61 Å². The Morgan fingerprint density at radius 3 is 2.74 bits per heavy atom. The van der Waals surface area contributed by atoms with Gasteiger partial charge >= 0.3 is 6.03 Å². The summed E-state index contributed by atoms with van der Waals surface area (Å²) in [4.78, 5) is 40.0. The minimum atomic E-state index is -0.362. The van der Waals surface area contributed by atoms with E-state index in [1.54, 1.807) is 12.0 Å². The van der Waals surface area contributed by atoms with E-state index in [0.29, 0.717) is 39.1 Å². The number of fused-ring (bicyclic) bond motifs is 2. The third-order valence-electron chi connectivity index (χ3n) is 5.19. The van der Waals surface area contributed by atoms with Crippen molar-refractivity contribution < 1.29 is 19.1 Å². The predicted molar refractivity (Wildman–Crippen MR) is 99.9 cm³/mol. The molecule has 0 radical (unpaired) electrons. The molecular weight excluding hydrogens is 346 g/mol. The lowest BCUT2D eigenvalue weighted by atomic mass is 9.95. The number of carbonyl (C=O) groups is 3. The van der Waals surface area contributed by atoms with Crippen LogP contribution in [0.3, 0.4) is 0 Å². The fourth-order valence-corrected chi connectivity index (χ4v) is 3.69. The van der Waals surface area contributed by atoms with E-state index in [4.69, 9.17) is 4.74 Å². The van der Waals surface area contributed by atoms with Crippen LogP contribution in [0.4, 0.5) is 4.79 Å². The average Bonchev–Trinajstić information content (AvgIpc) is 2.90. The highest BCUT2D eigenvalue weighted by Gasteiger charge is 2.46. The molecule has 2 heterocycles. The Hall–Kier alpha value is -2.41. The van der Waals surface area contributed by atoms with E-state index in [1.807, 2.05) is 24.3 Å². The molecule has 0 saturated carbocycles. The number of rotatable bonds is 9. The standard InChI is InChI=1S/C20H27N3O4/c1-27-12-10-21-18(24)9-3-2-6-11-22-19(25)17-13-15-7-4-5-8-16(15)14-23(17)20(22)26/h4-5,7-8,17H,2-3,6,9-14H2,1H3,(H,21,24)/t17-/m0/s1. The van der Waals surface area contributed by atoms with Gasteiger partial charge in [0.2, 0.25) is 5.91 Å². The molecule has 7 heteroatoms. The Bertz CT molecular complexity index is 663. The SMILES string of the molecule is COCCNC(=O)CCCCCN1C(=O)[C@@H]2Cc3ccccc3CN2C1=O. The average molecular weight is 373 g/mol. The van der Waals surface area contributed by atoms with Crippen molar-refractivity contribution in [2.45, 2.75) is 44.7 Å². The number of unbranched alkanes of at least 4 members (excludes halogenated alkanes) is 2. The maximum absolute atomic E-state index is 12.7. The number of nitrogens with one attached hydrogen (secondary N) is 1. The van der Waals surface area contributed by atoms with Gasteiger partial charge in [-0.25, -0.2) is 4.79 Å². The number of methoxy groups -OCH3 is 1. The second kappa shape index (κ2) is 8.99. The molecule has 0 bridgehead atoms. The van der Waals surface area contributed by atoms with Crippen LogP contribution in [0.5, 0.6) is 0 Å². The van der Waals surface area contributed by atoms with Crippen molar-refractivity contribution in [3.05, 3.63) is 35.4 Å². The van der Waals surface area contributed by atoms with Gasteiger partial charge in [0, 0.05) is 39.6 Å². The maximum atomic E-state index is 12.7. The second-order valence-corrected chi connectivity index (χ2v) is 7.04. The molecule has 0 unspecified atom stereocenters. The zero-order valence-corrected chi connectivity index (χ0v) is 15.8. The molecule has 0 aromatic heterocycles. The minimum absolute atomic E-state index is 0.00951. The minimum Gasteiger partial charge on any atom is -0.383 e. The number of imide groups is 1. The molecule has 1 aromatic carbocycles. The molecule has 1 fully saturated rings. The highest BCUT2D eigenvalue weighted by Crippen LogP contribution is 2.30. The van der Waals surface area contributed by atoms with Gasteiger partial charge in [-0.1, -0.05) is 30.7 Å². The van der Waals surface area contributed by atoms with Crippen molar-refractivity contribution in [2.75, 3.05) is 26.8 Å². The van der Waals surface area contributed by atoms with Crippen LogP contribution in [0.15, 0.2) is 24.3 Å². The van der Waals surface area contributed by atoms with Gasteiger partial charge < -0.3 is 15.0 Å². The first kappa shape index (κ1) is 19.4. The van der Waals surface area contributed by atoms with E-state index in [-0.39, 0.29) is 23.9 Å². The summed E-state index contributed by atoms with van der Waals surface area (Å²) in [7, 11) is 1.60. The number of urea groups is 1. The number of ether oxygens (including phenoxy) is 1. The fraction of sp³-hybridized carbons (Fsp3) is 0.550. The van der Waals surface area contributed by atoms with Gasteiger partial charge in [0.1, 0.15) is 6.04 Å². The van der Waals surface area contributed by atoms with Crippen molar-refractivity contribution in [2.24, 2.45) is 0 Å². The van der Waals surface area contributed by atoms with Crippen molar-refractivity contribution in [3.8, 4) is 0 Å². The number of benzene rings is 1. The first-order valence-corrected chi connectivity index (χ1v) is 9.56. The van der Waals surface area contributed by atoms with Crippen molar-refractivity contribution in [3.63, 3.8) is 0 Å². The number of amides is 4. The lowest BCUT2D eigenvalue weighted by Crippen LogP contribution is -2.39. The summed E-state index contributed by atoms with van der Waals surface area (Å²) in [6.45, 7) is 1.95. The van der Waals surface area contributed by atoms with Crippen LogP contribution >= 0.6 is 0 Å². The Morgan fingerprint density at radius 1 is 1.19 bits per heavy atom. The molecule has 1 N–H and O–H groups in total. The molecule has 2 aliphatic heterocycles. The quantitative estimate of drug-likeness (QED) is 0.528. The second-order valence-electron chi connectivity index (χ2n) is 7.04. The molecule has 0 aliphatic carbocycles. The molecule has 1 atom stereocenters. The third-order valence-corrected chi connectivity index (χ3v) is 5.19. The summed E-state index contributed by atoms with van der Waals surface area (Å²) in [6, 6.07) is 7.44. The highest BCUT2D eigenvalue weighted by molar-refractivity contribution is 6.04. The topological polar surface area (TPSA) is 79.0 Å².